The summed E-state index contributed by atoms with van der Waals surface area (Å²) in [4.78, 5) is 11.8. The third-order valence-corrected chi connectivity index (χ3v) is 3.40. The Morgan fingerprint density at radius 3 is 3.00 bits per heavy atom. The highest BCUT2D eigenvalue weighted by molar-refractivity contribution is 5.85. The summed E-state index contributed by atoms with van der Waals surface area (Å²) in [7, 11) is 0. The Labute approximate surface area is 106 Å². The number of aromatic nitrogens is 1. The smallest absolute Gasteiger partial charge is 0.239 e. The predicted molar refractivity (Wildman–Crippen MR) is 72.1 cm³/mol. The molecule has 0 saturated heterocycles. The van der Waals surface area contributed by atoms with E-state index >= 15 is 0 Å². The number of nitrogens with two attached hydrogens (primary N) is 1. The average Bonchev–Trinajstić information content (AvgIpc) is 3.11. The Kier molecular flexibility index (Phi) is 2.70. The Morgan fingerprint density at radius 2 is 2.22 bits per heavy atom. The lowest BCUT2D eigenvalue weighted by Gasteiger charge is -2.07. The molecule has 4 heteroatoms. The first kappa shape index (κ1) is 11.1. The Hall–Kier alpha value is -1.97. The van der Waals surface area contributed by atoms with Crippen molar-refractivity contribution in [3.8, 4) is 0 Å². The van der Waals surface area contributed by atoms with Gasteiger partial charge in [0.25, 0.3) is 0 Å². The summed E-state index contributed by atoms with van der Waals surface area (Å²) in [6.07, 6.45) is 4.44. The van der Waals surface area contributed by atoms with E-state index in [9.17, 15) is 4.79 Å². The summed E-state index contributed by atoms with van der Waals surface area (Å²) in [6.45, 7) is 1.18. The molecule has 2 aromatic rings. The number of fused-ring (bicyclic) bond motifs is 1. The third-order valence-electron chi connectivity index (χ3n) is 3.40. The number of nitrogens with one attached hydrogen (secondary N) is 1. The van der Waals surface area contributed by atoms with Crippen molar-refractivity contribution in [1.82, 2.24) is 9.88 Å². The normalized spacial score (nSPS) is 14.9. The van der Waals surface area contributed by atoms with Crippen LogP contribution >= 0.6 is 0 Å². The van der Waals surface area contributed by atoms with Crippen LogP contribution in [0.1, 0.15) is 12.8 Å². The lowest BCUT2D eigenvalue weighted by molar-refractivity contribution is -0.121. The van der Waals surface area contributed by atoms with Gasteiger partial charge in [-0.15, -0.1) is 0 Å². The van der Waals surface area contributed by atoms with Gasteiger partial charge in [0, 0.05) is 18.4 Å². The van der Waals surface area contributed by atoms with Crippen LogP contribution < -0.4 is 11.1 Å². The lowest BCUT2D eigenvalue weighted by Crippen LogP contribution is -2.29. The summed E-state index contributed by atoms with van der Waals surface area (Å²) in [5.74, 6) is 0.785. The van der Waals surface area contributed by atoms with Gasteiger partial charge in [0.15, 0.2) is 0 Å². The quantitative estimate of drug-likeness (QED) is 0.804. The van der Waals surface area contributed by atoms with Crippen LogP contribution in [0.4, 0.5) is 5.69 Å². The van der Waals surface area contributed by atoms with Crippen LogP contribution in [0.15, 0.2) is 30.5 Å². The van der Waals surface area contributed by atoms with E-state index in [0.29, 0.717) is 12.5 Å². The molecule has 1 amide bonds. The largest absolute Gasteiger partial charge is 0.399 e. The van der Waals surface area contributed by atoms with Crippen LogP contribution in [0.2, 0.25) is 0 Å². The fraction of sp³-hybridized carbons (Fsp3) is 0.357. The van der Waals surface area contributed by atoms with E-state index < -0.39 is 0 Å². The zero-order valence-corrected chi connectivity index (χ0v) is 10.2. The van der Waals surface area contributed by atoms with E-state index in [1.807, 2.05) is 35.0 Å². The molecule has 18 heavy (non-hydrogen) atoms. The van der Waals surface area contributed by atoms with Gasteiger partial charge < -0.3 is 15.6 Å². The van der Waals surface area contributed by atoms with Crippen LogP contribution in [0, 0.1) is 5.92 Å². The van der Waals surface area contributed by atoms with Crippen LogP contribution in [0.3, 0.4) is 0 Å². The molecule has 1 heterocycles. The summed E-state index contributed by atoms with van der Waals surface area (Å²) < 4.78 is 1.94. The van der Waals surface area contributed by atoms with Crippen molar-refractivity contribution in [2.45, 2.75) is 19.4 Å². The number of benzene rings is 1. The van der Waals surface area contributed by atoms with Crippen molar-refractivity contribution >= 4 is 22.5 Å². The number of hydrogen-bond acceptors (Lipinski definition) is 2. The van der Waals surface area contributed by atoms with Gasteiger partial charge in [-0.05, 0) is 42.3 Å². The number of rotatable bonds is 4. The van der Waals surface area contributed by atoms with Crippen LogP contribution in [-0.4, -0.2) is 17.0 Å². The maximum atomic E-state index is 11.8. The average molecular weight is 243 g/mol. The predicted octanol–water partition coefficient (Wildman–Crippen LogP) is 1.75. The van der Waals surface area contributed by atoms with E-state index in [1.165, 1.54) is 12.8 Å². The van der Waals surface area contributed by atoms with Gasteiger partial charge in [0.05, 0.1) is 5.52 Å². The molecule has 3 N–H and O–H groups in total. The second-order valence-corrected chi connectivity index (χ2v) is 5.01. The van der Waals surface area contributed by atoms with Gasteiger partial charge in [0.1, 0.15) is 6.54 Å². The highest BCUT2D eigenvalue weighted by atomic mass is 16.1. The zero-order valence-electron chi connectivity index (χ0n) is 10.2. The molecule has 94 valence electrons. The van der Waals surface area contributed by atoms with Gasteiger partial charge in [0.2, 0.25) is 5.91 Å². The van der Waals surface area contributed by atoms with E-state index in [2.05, 4.69) is 5.32 Å². The Bertz CT molecular complexity index is 584. The van der Waals surface area contributed by atoms with Crippen molar-refractivity contribution in [1.29, 1.82) is 0 Å². The molecule has 0 unspecified atom stereocenters. The first-order valence-corrected chi connectivity index (χ1v) is 6.33. The molecule has 0 aliphatic heterocycles. The van der Waals surface area contributed by atoms with Gasteiger partial charge >= 0.3 is 0 Å². The van der Waals surface area contributed by atoms with Gasteiger partial charge in [-0.3, -0.25) is 4.79 Å². The molecule has 3 rings (SSSR count). The molecule has 0 radical (unpaired) electrons. The third kappa shape index (κ3) is 2.32. The van der Waals surface area contributed by atoms with Crippen LogP contribution in [0.5, 0.6) is 0 Å². The second kappa shape index (κ2) is 4.37. The maximum Gasteiger partial charge on any atom is 0.239 e. The minimum absolute atomic E-state index is 0.0711. The summed E-state index contributed by atoms with van der Waals surface area (Å²) in [5.41, 5.74) is 7.51. The van der Waals surface area contributed by atoms with E-state index in [-0.39, 0.29) is 5.91 Å². The number of nitrogens with zero attached hydrogens (tertiary/aromatic N) is 1. The van der Waals surface area contributed by atoms with Crippen molar-refractivity contribution in [2.75, 3.05) is 12.3 Å². The van der Waals surface area contributed by atoms with Crippen molar-refractivity contribution in [3.05, 3.63) is 30.5 Å². The molecule has 1 saturated carbocycles. The van der Waals surface area contributed by atoms with E-state index in [4.69, 9.17) is 5.73 Å². The molecule has 1 aromatic carbocycles. The number of carbonyl (C=O) groups excluding carboxylic acids is 1. The molecule has 1 aromatic heterocycles. The molecular formula is C14H17N3O. The molecule has 1 aliphatic rings. The highest BCUT2D eigenvalue weighted by Gasteiger charge is 2.21. The van der Waals surface area contributed by atoms with Crippen molar-refractivity contribution in [2.24, 2.45) is 5.92 Å². The molecule has 0 atom stereocenters. The van der Waals surface area contributed by atoms with Crippen LogP contribution in [-0.2, 0) is 11.3 Å². The van der Waals surface area contributed by atoms with Gasteiger partial charge in [-0.25, -0.2) is 0 Å². The van der Waals surface area contributed by atoms with Crippen molar-refractivity contribution < 1.29 is 4.79 Å². The molecule has 0 bridgehead atoms. The standard InChI is InChI=1S/C14H17N3O/c15-12-4-3-11-5-6-17(13(11)7-12)9-14(18)16-8-10-1-2-10/h3-7,10H,1-2,8-9,15H2,(H,16,18). The Balaban J connectivity index is 1.72. The van der Waals surface area contributed by atoms with E-state index in [1.54, 1.807) is 0 Å². The summed E-state index contributed by atoms with van der Waals surface area (Å²) in [5, 5.41) is 4.08. The SMILES string of the molecule is Nc1ccc2ccn(CC(=O)NCC3CC3)c2c1. The Morgan fingerprint density at radius 1 is 1.39 bits per heavy atom. The minimum Gasteiger partial charge on any atom is -0.399 e. The first-order chi connectivity index (χ1) is 8.72. The number of hydrogen-bond donors (Lipinski definition) is 2. The zero-order chi connectivity index (χ0) is 12.5. The summed E-state index contributed by atoms with van der Waals surface area (Å²) >= 11 is 0. The van der Waals surface area contributed by atoms with Gasteiger partial charge in [-0.1, -0.05) is 6.07 Å². The minimum atomic E-state index is 0.0711. The van der Waals surface area contributed by atoms with Gasteiger partial charge in [-0.2, -0.15) is 0 Å². The number of amides is 1. The second-order valence-electron chi connectivity index (χ2n) is 5.01. The monoisotopic (exact) mass is 243 g/mol. The highest BCUT2D eigenvalue weighted by Crippen LogP contribution is 2.27. The lowest BCUT2D eigenvalue weighted by atomic mass is 10.2. The molecule has 1 fully saturated rings. The number of carbonyl (C=O) groups is 1. The van der Waals surface area contributed by atoms with E-state index in [0.717, 1.165) is 23.1 Å². The fourth-order valence-electron chi connectivity index (χ4n) is 2.13. The summed E-state index contributed by atoms with van der Waals surface area (Å²) in [6, 6.07) is 7.76. The molecule has 4 nitrogen and oxygen atoms in total. The topological polar surface area (TPSA) is 60.0 Å². The molecular weight excluding hydrogens is 226 g/mol. The maximum absolute atomic E-state index is 11.8. The van der Waals surface area contributed by atoms with Crippen molar-refractivity contribution in [3.63, 3.8) is 0 Å². The first-order valence-electron chi connectivity index (χ1n) is 6.33. The fourth-order valence-corrected chi connectivity index (χ4v) is 2.13. The number of anilines is 1. The molecule has 0 spiro atoms. The molecule has 1 aliphatic carbocycles. The van der Waals surface area contributed by atoms with Crippen LogP contribution in [0.25, 0.3) is 10.9 Å². The number of nitrogen functional groups attached to an aromatic ring is 1.